The molecule has 0 unspecified atom stereocenters. The minimum atomic E-state index is 1.03. The predicted molar refractivity (Wildman–Crippen MR) is 31.8 cm³/mol. The Labute approximate surface area is 45.2 Å². The summed E-state index contributed by atoms with van der Waals surface area (Å²) in [5.41, 5.74) is 0. The average Bonchev–Trinajstić information content (AvgIpc) is 2.42. The van der Waals surface area contributed by atoms with E-state index >= 15 is 0 Å². The van der Waals surface area contributed by atoms with Gasteiger partial charge in [-0.15, -0.1) is 0 Å². The minimum absolute atomic E-state index is 1.03. The topological polar surface area (TPSA) is 0 Å². The standard InChI is InChI=1S/C7H11/c1-2-3-4-7-5-6-7/h2-3,7H,1,4-6H2/b3-2+. The molecule has 0 aliphatic heterocycles. The first-order valence-electron chi connectivity index (χ1n) is 2.87. The van der Waals surface area contributed by atoms with Crippen LogP contribution in [0.15, 0.2) is 12.2 Å². The van der Waals surface area contributed by atoms with E-state index in [2.05, 4.69) is 13.0 Å². The second kappa shape index (κ2) is 2.15. The second-order valence-corrected chi connectivity index (χ2v) is 2.15. The predicted octanol–water partition coefficient (Wildman–Crippen LogP) is 2.18. The van der Waals surface area contributed by atoms with Crippen LogP contribution in [0.1, 0.15) is 19.3 Å². The highest BCUT2D eigenvalue weighted by Gasteiger charge is 2.18. The van der Waals surface area contributed by atoms with E-state index in [0.717, 1.165) is 5.92 Å². The zero-order valence-corrected chi connectivity index (χ0v) is 4.56. The Hall–Kier alpha value is -0.260. The van der Waals surface area contributed by atoms with Crippen LogP contribution in [0, 0.1) is 12.8 Å². The maximum atomic E-state index is 3.60. The molecule has 1 fully saturated rings. The van der Waals surface area contributed by atoms with Gasteiger partial charge in [0.2, 0.25) is 0 Å². The van der Waals surface area contributed by atoms with Gasteiger partial charge in [-0.05, 0) is 32.1 Å². The molecule has 1 radical (unpaired) electrons. The third-order valence-electron chi connectivity index (χ3n) is 1.33. The molecule has 0 N–H and O–H groups in total. The number of allylic oxidation sites excluding steroid dienone is 2. The Morgan fingerprint density at radius 2 is 2.29 bits per heavy atom. The third kappa shape index (κ3) is 1.77. The van der Waals surface area contributed by atoms with Crippen molar-refractivity contribution in [3.8, 4) is 0 Å². The van der Waals surface area contributed by atoms with Crippen LogP contribution in [-0.2, 0) is 0 Å². The van der Waals surface area contributed by atoms with Crippen LogP contribution < -0.4 is 0 Å². The summed E-state index contributed by atoms with van der Waals surface area (Å²) in [4.78, 5) is 0. The SMILES string of the molecule is [CH2]/C=C/CC1CC1. The van der Waals surface area contributed by atoms with Crippen LogP contribution in [0.2, 0.25) is 0 Å². The van der Waals surface area contributed by atoms with Crippen molar-refractivity contribution < 1.29 is 0 Å². The molecule has 0 aromatic rings. The van der Waals surface area contributed by atoms with E-state index in [9.17, 15) is 0 Å². The van der Waals surface area contributed by atoms with Gasteiger partial charge in [-0.3, -0.25) is 0 Å². The van der Waals surface area contributed by atoms with Gasteiger partial charge >= 0.3 is 0 Å². The third-order valence-corrected chi connectivity index (χ3v) is 1.33. The molecule has 1 rings (SSSR count). The van der Waals surface area contributed by atoms with Gasteiger partial charge in [-0.25, -0.2) is 0 Å². The van der Waals surface area contributed by atoms with E-state index in [0.29, 0.717) is 0 Å². The Kier molecular flexibility index (Phi) is 1.50. The van der Waals surface area contributed by atoms with Crippen LogP contribution in [-0.4, -0.2) is 0 Å². The average molecular weight is 95.2 g/mol. The number of hydrogen-bond acceptors (Lipinski definition) is 0. The summed E-state index contributed by atoms with van der Waals surface area (Å²) in [5, 5.41) is 0. The van der Waals surface area contributed by atoms with E-state index in [1.165, 1.54) is 19.3 Å². The van der Waals surface area contributed by atoms with Crippen molar-refractivity contribution in [3.05, 3.63) is 19.1 Å². The van der Waals surface area contributed by atoms with Crippen molar-refractivity contribution in [2.45, 2.75) is 19.3 Å². The lowest BCUT2D eigenvalue weighted by molar-refractivity contribution is 0.863. The van der Waals surface area contributed by atoms with Crippen molar-refractivity contribution in [1.29, 1.82) is 0 Å². The normalized spacial score (nSPS) is 21.3. The molecule has 0 nitrogen and oxygen atoms in total. The van der Waals surface area contributed by atoms with Gasteiger partial charge in [0.15, 0.2) is 0 Å². The molecule has 0 bridgehead atoms. The summed E-state index contributed by atoms with van der Waals surface area (Å²) in [6.07, 6.45) is 8.20. The minimum Gasteiger partial charge on any atom is -0.0883 e. The first-order valence-corrected chi connectivity index (χ1v) is 2.87. The lowest BCUT2D eigenvalue weighted by Crippen LogP contribution is -1.65. The van der Waals surface area contributed by atoms with Gasteiger partial charge < -0.3 is 0 Å². The molecule has 0 heterocycles. The first kappa shape index (κ1) is 4.89. The first-order chi connectivity index (χ1) is 3.43. The maximum absolute atomic E-state index is 3.60. The Balaban J connectivity index is 1.98. The second-order valence-electron chi connectivity index (χ2n) is 2.15. The van der Waals surface area contributed by atoms with Gasteiger partial charge in [0, 0.05) is 0 Å². The molecule has 0 saturated heterocycles. The zero-order chi connectivity index (χ0) is 5.11. The van der Waals surface area contributed by atoms with E-state index in [4.69, 9.17) is 0 Å². The summed E-state index contributed by atoms with van der Waals surface area (Å²) in [7, 11) is 0. The molecule has 39 valence electrons. The molecule has 0 aromatic heterocycles. The number of rotatable bonds is 2. The molecule has 7 heavy (non-hydrogen) atoms. The van der Waals surface area contributed by atoms with Crippen LogP contribution >= 0.6 is 0 Å². The van der Waals surface area contributed by atoms with Crippen molar-refractivity contribution >= 4 is 0 Å². The largest absolute Gasteiger partial charge is 0.0883 e. The molecule has 0 spiro atoms. The highest BCUT2D eigenvalue weighted by atomic mass is 14.2. The van der Waals surface area contributed by atoms with Crippen molar-refractivity contribution in [2.24, 2.45) is 5.92 Å². The van der Waals surface area contributed by atoms with Gasteiger partial charge in [0.25, 0.3) is 0 Å². The van der Waals surface area contributed by atoms with Crippen molar-refractivity contribution in [3.63, 3.8) is 0 Å². The fraction of sp³-hybridized carbons (Fsp3) is 0.571. The molecule has 1 aliphatic carbocycles. The smallest absolute Gasteiger partial charge is 0.0316 e. The highest BCUT2D eigenvalue weighted by molar-refractivity contribution is 4.89. The monoisotopic (exact) mass is 95.1 g/mol. The summed E-state index contributed by atoms with van der Waals surface area (Å²) in [6.45, 7) is 3.60. The summed E-state index contributed by atoms with van der Waals surface area (Å²) in [5.74, 6) is 1.03. The van der Waals surface area contributed by atoms with Crippen molar-refractivity contribution in [2.75, 3.05) is 0 Å². The van der Waals surface area contributed by atoms with Crippen LogP contribution in [0.3, 0.4) is 0 Å². The Morgan fingerprint density at radius 1 is 1.57 bits per heavy atom. The summed E-state index contributed by atoms with van der Waals surface area (Å²) >= 11 is 0. The molecule has 0 amide bonds. The van der Waals surface area contributed by atoms with E-state index < -0.39 is 0 Å². The Morgan fingerprint density at radius 3 is 2.71 bits per heavy atom. The molecule has 0 heteroatoms. The van der Waals surface area contributed by atoms with Crippen LogP contribution in [0.4, 0.5) is 0 Å². The van der Waals surface area contributed by atoms with E-state index in [1.807, 2.05) is 6.08 Å². The molecule has 1 saturated carbocycles. The van der Waals surface area contributed by atoms with Gasteiger partial charge in [0.05, 0.1) is 0 Å². The van der Waals surface area contributed by atoms with Crippen LogP contribution in [0.25, 0.3) is 0 Å². The highest BCUT2D eigenvalue weighted by Crippen LogP contribution is 2.32. The molecule has 0 aromatic carbocycles. The molecule has 1 aliphatic rings. The van der Waals surface area contributed by atoms with Gasteiger partial charge in [0.1, 0.15) is 0 Å². The van der Waals surface area contributed by atoms with Gasteiger partial charge in [-0.2, -0.15) is 0 Å². The molecular formula is C7H11. The number of hydrogen-bond donors (Lipinski definition) is 0. The maximum Gasteiger partial charge on any atom is -0.0316 e. The van der Waals surface area contributed by atoms with Crippen LogP contribution in [0.5, 0.6) is 0 Å². The molecular weight excluding hydrogens is 84.1 g/mol. The fourth-order valence-corrected chi connectivity index (χ4v) is 0.642. The summed E-state index contributed by atoms with van der Waals surface area (Å²) < 4.78 is 0. The van der Waals surface area contributed by atoms with Crippen molar-refractivity contribution in [1.82, 2.24) is 0 Å². The lowest BCUT2D eigenvalue weighted by Gasteiger charge is -1.79. The Bertz CT molecular complexity index is 68.1. The molecule has 0 atom stereocenters. The summed E-state index contributed by atoms with van der Waals surface area (Å²) in [6, 6.07) is 0. The van der Waals surface area contributed by atoms with E-state index in [-0.39, 0.29) is 0 Å². The quantitative estimate of drug-likeness (QED) is 0.493. The lowest BCUT2D eigenvalue weighted by atomic mass is 10.3. The van der Waals surface area contributed by atoms with E-state index in [1.54, 1.807) is 0 Å². The fourth-order valence-electron chi connectivity index (χ4n) is 0.642. The zero-order valence-electron chi connectivity index (χ0n) is 4.56. The van der Waals surface area contributed by atoms with Gasteiger partial charge in [-0.1, -0.05) is 12.2 Å².